The number of esters is 1. The van der Waals surface area contributed by atoms with E-state index in [9.17, 15) is 14.4 Å². The van der Waals surface area contributed by atoms with Gasteiger partial charge in [-0.3, -0.25) is 14.5 Å². The Morgan fingerprint density at radius 1 is 1.09 bits per heavy atom. The summed E-state index contributed by atoms with van der Waals surface area (Å²) < 4.78 is 4.81. The zero-order valence-electron chi connectivity index (χ0n) is 18.9. The lowest BCUT2D eigenvalue weighted by Gasteiger charge is -2.37. The van der Waals surface area contributed by atoms with Gasteiger partial charge in [0.05, 0.1) is 30.1 Å². The second-order valence-corrected chi connectivity index (χ2v) is 9.11. The summed E-state index contributed by atoms with van der Waals surface area (Å²) in [7, 11) is 1.34. The Balaban J connectivity index is 1.96. The molecule has 1 amide bonds. The van der Waals surface area contributed by atoms with Gasteiger partial charge in [0, 0.05) is 24.1 Å². The van der Waals surface area contributed by atoms with E-state index in [4.69, 9.17) is 4.74 Å². The van der Waals surface area contributed by atoms with Gasteiger partial charge in [0.2, 0.25) is 5.91 Å². The van der Waals surface area contributed by atoms with E-state index in [1.807, 2.05) is 31.2 Å². The molecule has 0 fully saturated rings. The number of para-hydroxylation sites is 2. The number of hydrogen-bond donors (Lipinski definition) is 1. The zero-order chi connectivity index (χ0) is 23.0. The molecule has 1 heterocycles. The number of carbonyl (C=O) groups excluding carboxylic acids is 3. The van der Waals surface area contributed by atoms with Crippen molar-refractivity contribution in [2.75, 3.05) is 17.3 Å². The van der Waals surface area contributed by atoms with Crippen LogP contribution in [-0.4, -0.2) is 24.8 Å². The fourth-order valence-corrected chi connectivity index (χ4v) is 4.67. The highest BCUT2D eigenvalue weighted by Gasteiger charge is 2.42. The number of Topliss-reactive ketones (excluding diaryl/α,β-unsaturated/α-hetero) is 1. The number of ether oxygens (including phenoxy) is 1. The first-order valence-corrected chi connectivity index (χ1v) is 10.9. The maximum Gasteiger partial charge on any atom is 0.337 e. The van der Waals surface area contributed by atoms with Crippen LogP contribution in [0.3, 0.4) is 0 Å². The third-order valence-corrected chi connectivity index (χ3v) is 6.12. The van der Waals surface area contributed by atoms with Crippen LogP contribution in [-0.2, 0) is 14.3 Å². The van der Waals surface area contributed by atoms with E-state index >= 15 is 0 Å². The molecule has 1 N–H and O–H groups in total. The van der Waals surface area contributed by atoms with Crippen LogP contribution in [0.5, 0.6) is 0 Å². The van der Waals surface area contributed by atoms with Crippen LogP contribution in [0.1, 0.15) is 62.0 Å². The number of hydrogen-bond acceptors (Lipinski definition) is 5. The number of rotatable bonds is 3. The van der Waals surface area contributed by atoms with Crippen molar-refractivity contribution in [2.45, 2.75) is 46.1 Å². The molecule has 166 valence electrons. The number of benzene rings is 2. The Kier molecular flexibility index (Phi) is 5.63. The standard InChI is InChI=1S/C26H28N2O4/c1-5-22(30)28-20-9-7-6-8-18(20)27-19-14-26(2,3)15-21(29)23(19)24(28)16-10-12-17(13-11-16)25(31)32-4/h6-13,24,27H,5,14-15H2,1-4H3/t24-/m1/s1. The highest BCUT2D eigenvalue weighted by Crippen LogP contribution is 2.48. The first-order valence-electron chi connectivity index (χ1n) is 10.9. The first kappa shape index (κ1) is 21.8. The monoisotopic (exact) mass is 432 g/mol. The summed E-state index contributed by atoms with van der Waals surface area (Å²) in [6.45, 7) is 5.99. The predicted octanol–water partition coefficient (Wildman–Crippen LogP) is 5.03. The van der Waals surface area contributed by atoms with E-state index in [2.05, 4.69) is 19.2 Å². The maximum absolute atomic E-state index is 13.5. The van der Waals surface area contributed by atoms with Gasteiger partial charge in [0.25, 0.3) is 0 Å². The summed E-state index contributed by atoms with van der Waals surface area (Å²) in [6, 6.07) is 14.0. The molecular weight excluding hydrogens is 404 g/mol. The van der Waals surface area contributed by atoms with Gasteiger partial charge in [-0.1, -0.05) is 45.0 Å². The molecule has 0 saturated carbocycles. The van der Waals surface area contributed by atoms with Gasteiger partial charge >= 0.3 is 5.97 Å². The molecule has 2 aromatic rings. The minimum Gasteiger partial charge on any atom is -0.465 e. The summed E-state index contributed by atoms with van der Waals surface area (Å²) in [5, 5.41) is 3.49. The highest BCUT2D eigenvalue weighted by atomic mass is 16.5. The van der Waals surface area contributed by atoms with E-state index in [0.29, 0.717) is 30.4 Å². The lowest BCUT2D eigenvalue weighted by atomic mass is 9.73. The normalized spacial score (nSPS) is 19.4. The van der Waals surface area contributed by atoms with Gasteiger partial charge in [0.15, 0.2) is 5.78 Å². The molecule has 2 aromatic carbocycles. The molecule has 1 aliphatic carbocycles. The largest absolute Gasteiger partial charge is 0.465 e. The molecule has 1 atom stereocenters. The molecule has 0 radical (unpaired) electrons. The van der Waals surface area contributed by atoms with Crippen molar-refractivity contribution in [3.05, 3.63) is 70.9 Å². The average molecular weight is 433 g/mol. The first-order chi connectivity index (χ1) is 15.3. The Morgan fingerprint density at radius 2 is 1.78 bits per heavy atom. The topological polar surface area (TPSA) is 75.7 Å². The molecular formula is C26H28N2O4. The maximum atomic E-state index is 13.5. The van der Waals surface area contributed by atoms with Crippen LogP contribution >= 0.6 is 0 Å². The Hall–Kier alpha value is -3.41. The predicted molar refractivity (Wildman–Crippen MR) is 123 cm³/mol. The van der Waals surface area contributed by atoms with Crippen LogP contribution in [0.2, 0.25) is 0 Å². The van der Waals surface area contributed by atoms with E-state index in [1.54, 1.807) is 29.2 Å². The molecule has 0 bridgehead atoms. The molecule has 2 aliphatic rings. The summed E-state index contributed by atoms with van der Waals surface area (Å²) >= 11 is 0. The summed E-state index contributed by atoms with van der Waals surface area (Å²) in [5.41, 5.74) is 4.03. The average Bonchev–Trinajstić information content (AvgIpc) is 2.91. The second kappa shape index (κ2) is 8.26. The molecule has 0 aromatic heterocycles. The molecule has 0 saturated heterocycles. The third-order valence-electron chi connectivity index (χ3n) is 6.12. The van der Waals surface area contributed by atoms with Crippen molar-refractivity contribution < 1.29 is 19.1 Å². The van der Waals surface area contributed by atoms with Gasteiger partial charge in [0.1, 0.15) is 0 Å². The number of carbonyl (C=O) groups is 3. The molecule has 4 rings (SSSR count). The zero-order valence-corrected chi connectivity index (χ0v) is 18.9. The Bertz CT molecular complexity index is 1110. The fourth-order valence-electron chi connectivity index (χ4n) is 4.67. The van der Waals surface area contributed by atoms with Gasteiger partial charge in [-0.2, -0.15) is 0 Å². The summed E-state index contributed by atoms with van der Waals surface area (Å²) in [6.07, 6.45) is 1.41. The van der Waals surface area contributed by atoms with Crippen LogP contribution in [0.25, 0.3) is 0 Å². The number of nitrogens with one attached hydrogen (secondary N) is 1. The van der Waals surface area contributed by atoms with Gasteiger partial charge in [-0.25, -0.2) is 4.79 Å². The minimum absolute atomic E-state index is 0.0347. The molecule has 32 heavy (non-hydrogen) atoms. The molecule has 0 spiro atoms. The molecule has 1 aliphatic heterocycles. The van der Waals surface area contributed by atoms with Crippen molar-refractivity contribution >= 4 is 29.0 Å². The summed E-state index contributed by atoms with van der Waals surface area (Å²) in [5.74, 6) is -0.471. The van der Waals surface area contributed by atoms with E-state index < -0.39 is 12.0 Å². The number of anilines is 2. The van der Waals surface area contributed by atoms with E-state index in [0.717, 1.165) is 22.6 Å². The van der Waals surface area contributed by atoms with Gasteiger partial charge in [-0.05, 0) is 41.7 Å². The van der Waals surface area contributed by atoms with Crippen LogP contribution in [0.15, 0.2) is 59.8 Å². The fraction of sp³-hybridized carbons (Fsp3) is 0.346. The number of allylic oxidation sites excluding steroid dienone is 1. The Morgan fingerprint density at radius 3 is 2.44 bits per heavy atom. The highest BCUT2D eigenvalue weighted by molar-refractivity contribution is 6.06. The second-order valence-electron chi connectivity index (χ2n) is 9.11. The molecule has 6 nitrogen and oxygen atoms in total. The SMILES string of the molecule is CCC(=O)N1c2ccccc2NC2=C(C(=O)CC(C)(C)C2)[C@H]1c1ccc(C(=O)OC)cc1. The van der Waals surface area contributed by atoms with Crippen molar-refractivity contribution in [1.29, 1.82) is 0 Å². The van der Waals surface area contributed by atoms with Crippen molar-refractivity contribution in [3.63, 3.8) is 0 Å². The smallest absolute Gasteiger partial charge is 0.337 e. The molecule has 6 heteroatoms. The quantitative estimate of drug-likeness (QED) is 0.689. The van der Waals surface area contributed by atoms with Crippen LogP contribution in [0.4, 0.5) is 11.4 Å². The summed E-state index contributed by atoms with van der Waals surface area (Å²) in [4.78, 5) is 40.4. The number of ketones is 1. The van der Waals surface area contributed by atoms with E-state index in [-0.39, 0.29) is 17.1 Å². The number of nitrogens with zero attached hydrogens (tertiary/aromatic N) is 1. The van der Waals surface area contributed by atoms with Crippen LogP contribution < -0.4 is 10.2 Å². The van der Waals surface area contributed by atoms with Gasteiger partial charge in [-0.15, -0.1) is 0 Å². The number of amides is 1. The van der Waals surface area contributed by atoms with Crippen molar-refractivity contribution in [3.8, 4) is 0 Å². The lowest BCUT2D eigenvalue weighted by molar-refractivity contribution is -0.119. The van der Waals surface area contributed by atoms with Crippen LogP contribution in [0, 0.1) is 5.41 Å². The Labute approximate surface area is 188 Å². The molecule has 0 unspecified atom stereocenters. The minimum atomic E-state index is -0.580. The van der Waals surface area contributed by atoms with Gasteiger partial charge < -0.3 is 10.1 Å². The third kappa shape index (κ3) is 3.81. The lowest BCUT2D eigenvalue weighted by Crippen LogP contribution is -2.39. The van der Waals surface area contributed by atoms with Crippen molar-refractivity contribution in [2.24, 2.45) is 5.41 Å². The van der Waals surface area contributed by atoms with Crippen molar-refractivity contribution in [1.82, 2.24) is 0 Å². The van der Waals surface area contributed by atoms with E-state index in [1.165, 1.54) is 7.11 Å². The number of fused-ring (bicyclic) bond motifs is 1. The number of methoxy groups -OCH3 is 1.